The molecule has 0 bridgehead atoms. The first kappa shape index (κ1) is 16.5. The first-order valence-corrected chi connectivity index (χ1v) is 8.12. The topological polar surface area (TPSA) is 76.1 Å². The lowest BCUT2D eigenvalue weighted by molar-refractivity contribution is 0.0946. The van der Waals surface area contributed by atoms with Gasteiger partial charge in [0.2, 0.25) is 5.95 Å². The van der Waals surface area contributed by atoms with E-state index in [-0.39, 0.29) is 11.9 Å². The van der Waals surface area contributed by atoms with Crippen LogP contribution < -0.4 is 15.4 Å². The molecule has 1 aromatic carbocycles. The normalized spacial score (nSPS) is 13.5. The van der Waals surface area contributed by atoms with Crippen LogP contribution in [0.25, 0.3) is 0 Å². The van der Waals surface area contributed by atoms with E-state index < -0.39 is 0 Å². The number of methoxy groups -OCH3 is 1. The first-order chi connectivity index (χ1) is 11.5. The summed E-state index contributed by atoms with van der Waals surface area (Å²) in [5.74, 6) is 0.751. The number of aryl methyl sites for hydroxylation is 2. The van der Waals surface area contributed by atoms with E-state index >= 15 is 0 Å². The molecule has 1 saturated carbocycles. The Morgan fingerprint density at radius 3 is 2.67 bits per heavy atom. The number of anilines is 2. The lowest BCUT2D eigenvalue weighted by Crippen LogP contribution is -2.26. The first-order valence-electron chi connectivity index (χ1n) is 7.74. The molecule has 7 heteroatoms. The number of nitrogens with one attached hydrogen (secondary N) is 2. The van der Waals surface area contributed by atoms with Crippen molar-refractivity contribution in [2.45, 2.75) is 32.7 Å². The van der Waals surface area contributed by atoms with Gasteiger partial charge in [0.1, 0.15) is 11.4 Å². The number of aromatic nitrogens is 2. The third-order valence-corrected chi connectivity index (χ3v) is 4.13. The van der Waals surface area contributed by atoms with Crippen LogP contribution >= 0.6 is 11.6 Å². The van der Waals surface area contributed by atoms with Gasteiger partial charge in [0, 0.05) is 22.8 Å². The Morgan fingerprint density at radius 1 is 1.25 bits per heavy atom. The SMILES string of the molecule is COc1cc(Cl)c(C)cc1Nc1nc(C)cc(C(=O)NC2CC2)n1. The van der Waals surface area contributed by atoms with Crippen molar-refractivity contribution in [3.63, 3.8) is 0 Å². The molecule has 6 nitrogen and oxygen atoms in total. The van der Waals surface area contributed by atoms with Gasteiger partial charge in [-0.15, -0.1) is 0 Å². The van der Waals surface area contributed by atoms with Gasteiger partial charge in [0.05, 0.1) is 12.8 Å². The summed E-state index contributed by atoms with van der Waals surface area (Å²) < 4.78 is 5.34. The molecule has 1 amide bonds. The van der Waals surface area contributed by atoms with Crippen molar-refractivity contribution in [1.29, 1.82) is 0 Å². The second kappa shape index (κ2) is 6.65. The summed E-state index contributed by atoms with van der Waals surface area (Å²) in [5, 5.41) is 6.66. The number of hydrogen-bond donors (Lipinski definition) is 2. The van der Waals surface area contributed by atoms with Gasteiger partial charge in [-0.3, -0.25) is 4.79 Å². The Hall–Kier alpha value is -2.34. The van der Waals surface area contributed by atoms with Crippen molar-refractivity contribution < 1.29 is 9.53 Å². The molecule has 1 heterocycles. The highest BCUT2D eigenvalue weighted by Gasteiger charge is 2.24. The molecule has 0 aliphatic heterocycles. The number of hydrogen-bond acceptors (Lipinski definition) is 5. The second-order valence-corrected chi connectivity index (χ2v) is 6.30. The maximum absolute atomic E-state index is 12.2. The third kappa shape index (κ3) is 3.76. The highest BCUT2D eigenvalue weighted by Crippen LogP contribution is 2.32. The van der Waals surface area contributed by atoms with E-state index in [2.05, 4.69) is 20.6 Å². The van der Waals surface area contributed by atoms with E-state index in [1.165, 1.54) is 0 Å². The average molecular weight is 347 g/mol. The molecule has 1 aromatic heterocycles. The lowest BCUT2D eigenvalue weighted by atomic mass is 10.2. The standard InChI is InChI=1S/C17H19ClN4O2/c1-9-6-13(15(24-3)8-12(9)18)21-17-19-10(2)7-14(22-17)16(23)20-11-4-5-11/h6-8,11H,4-5H2,1-3H3,(H,20,23)(H,19,21,22). The number of nitrogens with zero attached hydrogens (tertiary/aromatic N) is 2. The molecule has 1 fully saturated rings. The molecule has 126 valence electrons. The Morgan fingerprint density at radius 2 is 2.00 bits per heavy atom. The van der Waals surface area contributed by atoms with Crippen LogP contribution in [-0.4, -0.2) is 29.0 Å². The molecule has 1 aliphatic carbocycles. The summed E-state index contributed by atoms with van der Waals surface area (Å²) in [6.45, 7) is 3.73. The number of rotatable bonds is 5. The minimum Gasteiger partial charge on any atom is -0.495 e. The van der Waals surface area contributed by atoms with Crippen molar-refractivity contribution in [2.24, 2.45) is 0 Å². The van der Waals surface area contributed by atoms with Gasteiger partial charge in [-0.2, -0.15) is 0 Å². The van der Waals surface area contributed by atoms with Crippen LogP contribution in [-0.2, 0) is 0 Å². The molecule has 0 spiro atoms. The fraction of sp³-hybridized carbons (Fsp3) is 0.353. The molecule has 1 aliphatic rings. The molecular weight excluding hydrogens is 328 g/mol. The van der Waals surface area contributed by atoms with Crippen molar-refractivity contribution in [1.82, 2.24) is 15.3 Å². The zero-order chi connectivity index (χ0) is 17.3. The van der Waals surface area contributed by atoms with E-state index in [1.54, 1.807) is 19.2 Å². The number of carbonyl (C=O) groups excluding carboxylic acids is 1. The van der Waals surface area contributed by atoms with Crippen molar-refractivity contribution in [3.05, 3.63) is 40.2 Å². The van der Waals surface area contributed by atoms with Gasteiger partial charge < -0.3 is 15.4 Å². The maximum atomic E-state index is 12.2. The van der Waals surface area contributed by atoms with Crippen LogP contribution in [0, 0.1) is 13.8 Å². The molecule has 0 radical (unpaired) electrons. The van der Waals surface area contributed by atoms with Gasteiger partial charge >= 0.3 is 0 Å². The summed E-state index contributed by atoms with van der Waals surface area (Å²) in [4.78, 5) is 20.9. The molecule has 0 saturated heterocycles. The highest BCUT2D eigenvalue weighted by atomic mass is 35.5. The fourth-order valence-corrected chi connectivity index (χ4v) is 2.43. The molecule has 0 atom stereocenters. The van der Waals surface area contributed by atoms with E-state index in [9.17, 15) is 4.79 Å². The van der Waals surface area contributed by atoms with E-state index in [0.29, 0.717) is 33.8 Å². The number of ether oxygens (including phenoxy) is 1. The van der Waals surface area contributed by atoms with Crippen LogP contribution in [0.3, 0.4) is 0 Å². The van der Waals surface area contributed by atoms with E-state index in [0.717, 1.165) is 18.4 Å². The summed E-state index contributed by atoms with van der Waals surface area (Å²) in [6, 6.07) is 5.54. The molecule has 2 aromatic rings. The van der Waals surface area contributed by atoms with Gasteiger partial charge in [0.25, 0.3) is 5.91 Å². The maximum Gasteiger partial charge on any atom is 0.270 e. The van der Waals surface area contributed by atoms with Gasteiger partial charge in [-0.25, -0.2) is 9.97 Å². The number of amides is 1. The second-order valence-electron chi connectivity index (χ2n) is 5.89. The monoisotopic (exact) mass is 346 g/mol. The zero-order valence-corrected chi connectivity index (χ0v) is 14.6. The highest BCUT2D eigenvalue weighted by molar-refractivity contribution is 6.31. The summed E-state index contributed by atoms with van der Waals surface area (Å²) in [6.07, 6.45) is 2.06. The van der Waals surface area contributed by atoms with Gasteiger partial charge in [-0.05, 0) is 44.4 Å². The lowest BCUT2D eigenvalue weighted by Gasteiger charge is -2.13. The van der Waals surface area contributed by atoms with E-state index in [4.69, 9.17) is 16.3 Å². The zero-order valence-electron chi connectivity index (χ0n) is 13.8. The number of carbonyl (C=O) groups is 1. The largest absolute Gasteiger partial charge is 0.495 e. The minimum absolute atomic E-state index is 0.176. The minimum atomic E-state index is -0.176. The Bertz CT molecular complexity index is 790. The number of halogens is 1. The van der Waals surface area contributed by atoms with Crippen LogP contribution in [0.5, 0.6) is 5.75 Å². The summed E-state index contributed by atoms with van der Waals surface area (Å²) >= 11 is 6.12. The van der Waals surface area contributed by atoms with E-state index in [1.807, 2.05) is 19.9 Å². The average Bonchev–Trinajstić information content (AvgIpc) is 3.34. The Labute approximate surface area is 145 Å². The van der Waals surface area contributed by atoms with Crippen molar-refractivity contribution >= 4 is 29.1 Å². The van der Waals surface area contributed by atoms with Crippen LogP contribution in [0.4, 0.5) is 11.6 Å². The quantitative estimate of drug-likeness (QED) is 0.867. The molecule has 3 rings (SSSR count). The molecule has 0 unspecified atom stereocenters. The molecular formula is C17H19ClN4O2. The van der Waals surface area contributed by atoms with Crippen LogP contribution in [0.1, 0.15) is 34.6 Å². The number of benzene rings is 1. The summed E-state index contributed by atoms with van der Waals surface area (Å²) in [5.41, 5.74) is 2.65. The Balaban J connectivity index is 1.88. The van der Waals surface area contributed by atoms with Gasteiger partial charge in [0.15, 0.2) is 0 Å². The molecule has 24 heavy (non-hydrogen) atoms. The smallest absolute Gasteiger partial charge is 0.270 e. The van der Waals surface area contributed by atoms with Crippen LogP contribution in [0.2, 0.25) is 5.02 Å². The predicted molar refractivity (Wildman–Crippen MR) is 93.3 cm³/mol. The predicted octanol–water partition coefficient (Wildman–Crippen LogP) is 3.39. The fourth-order valence-electron chi connectivity index (χ4n) is 2.28. The molecule has 2 N–H and O–H groups in total. The Kier molecular flexibility index (Phi) is 4.57. The van der Waals surface area contributed by atoms with Gasteiger partial charge in [-0.1, -0.05) is 11.6 Å². The van der Waals surface area contributed by atoms with Crippen LogP contribution in [0.15, 0.2) is 18.2 Å². The van der Waals surface area contributed by atoms with Crippen molar-refractivity contribution in [3.8, 4) is 5.75 Å². The third-order valence-electron chi connectivity index (χ3n) is 3.73. The summed E-state index contributed by atoms with van der Waals surface area (Å²) in [7, 11) is 1.57. The van der Waals surface area contributed by atoms with Crippen molar-refractivity contribution in [2.75, 3.05) is 12.4 Å².